The summed E-state index contributed by atoms with van der Waals surface area (Å²) in [5, 5.41) is 6.89. The highest BCUT2D eigenvalue weighted by Gasteiger charge is 2.33. The predicted octanol–water partition coefficient (Wildman–Crippen LogP) is 2.76. The number of carbonyl (C=O) groups is 2. The second-order valence-corrected chi connectivity index (χ2v) is 6.20. The lowest BCUT2D eigenvalue weighted by Gasteiger charge is -2.21. The number of benzene rings is 1. The number of Topliss-reactive ketones (excluding diaryl/α,β-unsaturated/α-hetero) is 1. The van der Waals surface area contributed by atoms with Gasteiger partial charge in [-0.3, -0.25) is 14.9 Å². The summed E-state index contributed by atoms with van der Waals surface area (Å²) in [4.78, 5) is 27.2. The van der Waals surface area contributed by atoms with Gasteiger partial charge in [-0.25, -0.2) is 8.91 Å². The fourth-order valence-corrected chi connectivity index (χ4v) is 2.90. The second-order valence-electron chi connectivity index (χ2n) is 6.20. The van der Waals surface area contributed by atoms with Gasteiger partial charge in [0.15, 0.2) is 5.65 Å². The highest BCUT2D eigenvalue weighted by Crippen LogP contribution is 2.26. The molecule has 2 heterocycles. The average Bonchev–Trinajstić information content (AvgIpc) is 2.95. The van der Waals surface area contributed by atoms with E-state index >= 15 is 0 Å². The molecule has 0 atom stereocenters. The highest BCUT2D eigenvalue weighted by atomic mass is 19.1. The summed E-state index contributed by atoms with van der Waals surface area (Å²) >= 11 is 0. The number of anilines is 1. The summed E-state index contributed by atoms with van der Waals surface area (Å²) < 4.78 is 15.3. The van der Waals surface area contributed by atoms with Crippen LogP contribution in [-0.4, -0.2) is 26.3 Å². The first kappa shape index (κ1) is 15.4. The highest BCUT2D eigenvalue weighted by molar-refractivity contribution is 6.01. The number of ketones is 1. The molecule has 0 spiro atoms. The van der Waals surface area contributed by atoms with E-state index in [9.17, 15) is 14.0 Å². The lowest BCUT2D eigenvalue weighted by atomic mass is 9.83. The number of carbonyl (C=O) groups excluding carboxylic acids is 2. The van der Waals surface area contributed by atoms with Crippen molar-refractivity contribution in [3.8, 4) is 11.1 Å². The third-order valence-electron chi connectivity index (χ3n) is 4.46. The van der Waals surface area contributed by atoms with Crippen LogP contribution in [0.2, 0.25) is 0 Å². The number of aromatic nitrogens is 3. The molecule has 2 aromatic heterocycles. The molecule has 1 aliphatic carbocycles. The minimum Gasteiger partial charge on any atom is -0.300 e. The Morgan fingerprint density at radius 1 is 1.28 bits per heavy atom. The summed E-state index contributed by atoms with van der Waals surface area (Å²) in [6.45, 7) is 1.72. The third-order valence-corrected chi connectivity index (χ3v) is 4.46. The molecule has 0 bridgehead atoms. The molecular weight excluding hydrogens is 323 g/mol. The van der Waals surface area contributed by atoms with Crippen LogP contribution in [0.4, 0.5) is 10.3 Å². The molecule has 1 aromatic carbocycles. The van der Waals surface area contributed by atoms with Gasteiger partial charge in [-0.1, -0.05) is 12.1 Å². The molecule has 1 aliphatic rings. The summed E-state index contributed by atoms with van der Waals surface area (Å²) in [6, 6.07) is 8.52. The molecule has 0 saturated heterocycles. The van der Waals surface area contributed by atoms with Gasteiger partial charge in [0.2, 0.25) is 11.9 Å². The molecule has 6 nitrogen and oxygen atoms in total. The Bertz CT molecular complexity index is 1000. The first-order valence-corrected chi connectivity index (χ1v) is 7.96. The maximum absolute atomic E-state index is 13.8. The molecule has 7 heteroatoms. The van der Waals surface area contributed by atoms with Crippen LogP contribution in [0.3, 0.4) is 0 Å². The van der Waals surface area contributed by atoms with Crippen molar-refractivity contribution in [1.29, 1.82) is 0 Å². The van der Waals surface area contributed by atoms with Crippen molar-refractivity contribution in [3.63, 3.8) is 0 Å². The van der Waals surface area contributed by atoms with Crippen LogP contribution in [0, 0.1) is 18.7 Å². The number of nitrogens with one attached hydrogen (secondary N) is 1. The van der Waals surface area contributed by atoms with Gasteiger partial charge in [0.05, 0.1) is 5.92 Å². The van der Waals surface area contributed by atoms with Gasteiger partial charge >= 0.3 is 0 Å². The number of rotatable bonds is 3. The van der Waals surface area contributed by atoms with Gasteiger partial charge in [0.25, 0.3) is 0 Å². The second kappa shape index (κ2) is 5.77. The molecule has 3 aromatic rings. The van der Waals surface area contributed by atoms with Gasteiger partial charge < -0.3 is 0 Å². The summed E-state index contributed by atoms with van der Waals surface area (Å²) in [6.07, 6.45) is 2.30. The standard InChI is InChI=1S/C18H15FN4O2/c1-10-14(3-2-4-15(10)19)11-5-6-16-20-18(22-23(16)9-11)21-17(25)12-7-13(24)8-12/h2-6,9,12H,7-8H2,1H3,(H,21,22,25). The topological polar surface area (TPSA) is 76.4 Å². The van der Waals surface area contributed by atoms with Crippen LogP contribution in [0.25, 0.3) is 16.8 Å². The van der Waals surface area contributed by atoms with Crippen LogP contribution >= 0.6 is 0 Å². The summed E-state index contributed by atoms with van der Waals surface area (Å²) in [7, 11) is 0. The van der Waals surface area contributed by atoms with E-state index < -0.39 is 0 Å². The molecule has 1 N–H and O–H groups in total. The van der Waals surface area contributed by atoms with Crippen LogP contribution in [0.15, 0.2) is 36.5 Å². The monoisotopic (exact) mass is 338 g/mol. The van der Waals surface area contributed by atoms with Crippen molar-refractivity contribution in [2.75, 3.05) is 5.32 Å². The van der Waals surface area contributed by atoms with Crippen molar-refractivity contribution in [2.24, 2.45) is 5.92 Å². The van der Waals surface area contributed by atoms with Gasteiger partial charge in [0.1, 0.15) is 11.6 Å². The lowest BCUT2D eigenvalue weighted by molar-refractivity contribution is -0.135. The Labute approximate surface area is 142 Å². The fraction of sp³-hybridized carbons (Fsp3) is 0.222. The van der Waals surface area contributed by atoms with Gasteiger partial charge in [0, 0.05) is 24.6 Å². The van der Waals surface area contributed by atoms with E-state index in [0.717, 1.165) is 11.1 Å². The van der Waals surface area contributed by atoms with E-state index in [1.165, 1.54) is 6.07 Å². The average molecular weight is 338 g/mol. The predicted molar refractivity (Wildman–Crippen MR) is 89.5 cm³/mol. The smallest absolute Gasteiger partial charge is 0.249 e. The largest absolute Gasteiger partial charge is 0.300 e. The normalized spacial score (nSPS) is 14.6. The van der Waals surface area contributed by atoms with E-state index in [0.29, 0.717) is 11.2 Å². The molecule has 0 aliphatic heterocycles. The number of amides is 1. The SMILES string of the molecule is Cc1c(F)cccc1-c1ccc2nc(NC(=O)C3CC(=O)C3)nn2c1. The van der Waals surface area contributed by atoms with E-state index in [-0.39, 0.29) is 42.2 Å². The van der Waals surface area contributed by atoms with Crippen LogP contribution in [-0.2, 0) is 9.59 Å². The maximum Gasteiger partial charge on any atom is 0.249 e. The minimum absolute atomic E-state index is 0.0956. The Kier molecular flexibility index (Phi) is 3.56. The molecule has 126 valence electrons. The number of hydrogen-bond donors (Lipinski definition) is 1. The van der Waals surface area contributed by atoms with Gasteiger partial charge in [-0.2, -0.15) is 4.98 Å². The zero-order valence-electron chi connectivity index (χ0n) is 13.5. The van der Waals surface area contributed by atoms with E-state index in [4.69, 9.17) is 0 Å². The number of hydrogen-bond acceptors (Lipinski definition) is 4. The molecule has 1 saturated carbocycles. The molecular formula is C18H15FN4O2. The van der Waals surface area contributed by atoms with Gasteiger partial charge in [-0.05, 0) is 36.2 Å². The van der Waals surface area contributed by atoms with E-state index in [1.54, 1.807) is 29.8 Å². The first-order chi connectivity index (χ1) is 12.0. The van der Waals surface area contributed by atoms with Crippen LogP contribution in [0.5, 0.6) is 0 Å². The zero-order chi connectivity index (χ0) is 17.6. The molecule has 25 heavy (non-hydrogen) atoms. The lowest BCUT2D eigenvalue weighted by Crippen LogP contribution is -2.34. The zero-order valence-corrected chi connectivity index (χ0v) is 13.5. The Hall–Kier alpha value is -3.09. The Morgan fingerprint density at radius 2 is 2.08 bits per heavy atom. The van der Waals surface area contributed by atoms with Crippen molar-refractivity contribution >= 4 is 23.3 Å². The fourth-order valence-electron chi connectivity index (χ4n) is 2.90. The minimum atomic E-state index is -0.287. The van der Waals surface area contributed by atoms with E-state index in [2.05, 4.69) is 15.4 Å². The Morgan fingerprint density at radius 3 is 2.84 bits per heavy atom. The summed E-state index contributed by atoms with van der Waals surface area (Å²) in [5.74, 6) is -0.504. The quantitative estimate of drug-likeness (QED) is 0.797. The molecule has 0 unspecified atom stereocenters. The number of pyridine rings is 1. The van der Waals surface area contributed by atoms with Crippen molar-refractivity contribution in [1.82, 2.24) is 14.6 Å². The summed E-state index contributed by atoms with van der Waals surface area (Å²) in [5.41, 5.74) is 2.70. The van der Waals surface area contributed by atoms with Crippen LogP contribution in [0.1, 0.15) is 18.4 Å². The van der Waals surface area contributed by atoms with Crippen LogP contribution < -0.4 is 5.32 Å². The molecule has 1 amide bonds. The van der Waals surface area contributed by atoms with E-state index in [1.807, 2.05) is 12.1 Å². The third kappa shape index (κ3) is 2.77. The molecule has 1 fully saturated rings. The number of nitrogens with zero attached hydrogens (tertiary/aromatic N) is 3. The number of halogens is 1. The van der Waals surface area contributed by atoms with Crippen molar-refractivity contribution < 1.29 is 14.0 Å². The maximum atomic E-state index is 13.8. The molecule has 0 radical (unpaired) electrons. The molecule has 4 rings (SSSR count). The first-order valence-electron chi connectivity index (χ1n) is 7.96. The van der Waals surface area contributed by atoms with Crippen molar-refractivity contribution in [2.45, 2.75) is 19.8 Å². The van der Waals surface area contributed by atoms with Gasteiger partial charge in [-0.15, -0.1) is 5.10 Å². The van der Waals surface area contributed by atoms with Crippen molar-refractivity contribution in [3.05, 3.63) is 47.9 Å². The Balaban J connectivity index is 1.62. The number of fused-ring (bicyclic) bond motifs is 1.